The van der Waals surface area contributed by atoms with Gasteiger partial charge >= 0.3 is 0 Å². The minimum Gasteiger partial charge on any atom is -0.361 e. The van der Waals surface area contributed by atoms with E-state index in [9.17, 15) is 0 Å². The van der Waals surface area contributed by atoms with Crippen LogP contribution in [0.15, 0.2) is 47.2 Å². The van der Waals surface area contributed by atoms with Gasteiger partial charge in [0.15, 0.2) is 0 Å². The molecule has 0 bridgehead atoms. The molecule has 1 aliphatic heterocycles. The summed E-state index contributed by atoms with van der Waals surface area (Å²) < 4.78 is 0.932. The summed E-state index contributed by atoms with van der Waals surface area (Å²) in [6.07, 6.45) is 7.24. The summed E-state index contributed by atoms with van der Waals surface area (Å²) in [7, 11) is 0. The molecule has 8 heteroatoms. The molecule has 168 valence electrons. The highest BCUT2D eigenvalue weighted by atomic mass is 79.9. The highest BCUT2D eigenvalue weighted by Gasteiger charge is 2.19. The third-order valence-electron chi connectivity index (χ3n) is 6.31. The molecule has 2 aromatic carbocycles. The summed E-state index contributed by atoms with van der Waals surface area (Å²) >= 11 is 9.86. The third-order valence-corrected chi connectivity index (χ3v) is 7.06. The average molecular weight is 524 g/mol. The van der Waals surface area contributed by atoms with Crippen LogP contribution in [0.2, 0.25) is 5.02 Å². The quantitative estimate of drug-likeness (QED) is 0.336. The number of nitrogens with zero attached hydrogens (tertiary/aromatic N) is 5. The van der Waals surface area contributed by atoms with Crippen LogP contribution in [0.4, 0.5) is 5.95 Å². The number of hydrogen-bond donors (Lipinski definition) is 1. The number of rotatable bonds is 6. The maximum absolute atomic E-state index is 9.16. The zero-order valence-corrected chi connectivity index (χ0v) is 20.5. The largest absolute Gasteiger partial charge is 0.361 e. The van der Waals surface area contributed by atoms with Crippen molar-refractivity contribution in [3.8, 4) is 6.07 Å². The third kappa shape index (κ3) is 4.84. The first-order valence-electron chi connectivity index (χ1n) is 11.2. The van der Waals surface area contributed by atoms with E-state index in [0.717, 1.165) is 78.8 Å². The van der Waals surface area contributed by atoms with Crippen LogP contribution in [-0.2, 0) is 6.42 Å². The van der Waals surface area contributed by atoms with Crippen molar-refractivity contribution in [1.82, 2.24) is 19.9 Å². The Labute approximate surface area is 206 Å². The van der Waals surface area contributed by atoms with Crippen molar-refractivity contribution in [3.05, 3.63) is 63.3 Å². The molecule has 1 saturated heterocycles. The normalized spacial score (nSPS) is 14.8. The number of anilines is 1. The molecule has 0 aliphatic carbocycles. The van der Waals surface area contributed by atoms with Gasteiger partial charge in [0.2, 0.25) is 5.95 Å². The van der Waals surface area contributed by atoms with Crippen molar-refractivity contribution in [1.29, 1.82) is 5.26 Å². The number of nitriles is 1. The number of H-pyrrole nitrogens is 1. The zero-order chi connectivity index (χ0) is 22.8. The van der Waals surface area contributed by atoms with E-state index < -0.39 is 0 Å². The number of halogens is 2. The Morgan fingerprint density at radius 3 is 2.79 bits per heavy atom. The number of benzene rings is 2. The molecule has 1 aliphatic rings. The molecule has 0 saturated carbocycles. The van der Waals surface area contributed by atoms with E-state index in [1.165, 1.54) is 10.9 Å². The molecule has 4 aromatic rings. The fraction of sp³-hybridized carbons (Fsp3) is 0.320. The van der Waals surface area contributed by atoms with Crippen LogP contribution in [0.25, 0.3) is 21.8 Å². The first-order chi connectivity index (χ1) is 16.1. The first-order valence-corrected chi connectivity index (χ1v) is 12.4. The lowest BCUT2D eigenvalue weighted by Crippen LogP contribution is -2.47. The van der Waals surface area contributed by atoms with Gasteiger partial charge < -0.3 is 9.88 Å². The monoisotopic (exact) mass is 522 g/mol. The Morgan fingerprint density at radius 2 is 1.97 bits per heavy atom. The van der Waals surface area contributed by atoms with E-state index in [1.807, 2.05) is 36.5 Å². The van der Waals surface area contributed by atoms with Crippen LogP contribution >= 0.6 is 27.5 Å². The van der Waals surface area contributed by atoms with Gasteiger partial charge in [0, 0.05) is 59.3 Å². The maximum atomic E-state index is 9.16. The highest BCUT2D eigenvalue weighted by molar-refractivity contribution is 9.10. The lowest BCUT2D eigenvalue weighted by Gasteiger charge is -2.34. The highest BCUT2D eigenvalue weighted by Crippen LogP contribution is 2.28. The van der Waals surface area contributed by atoms with Gasteiger partial charge in [0.25, 0.3) is 0 Å². The van der Waals surface area contributed by atoms with Gasteiger partial charge in [0.05, 0.1) is 22.2 Å². The number of hydrogen-bond acceptors (Lipinski definition) is 5. The smallest absolute Gasteiger partial charge is 0.226 e. The van der Waals surface area contributed by atoms with E-state index in [-0.39, 0.29) is 0 Å². The number of aromatic amines is 1. The first kappa shape index (κ1) is 22.1. The number of aromatic nitrogens is 3. The molecule has 5 rings (SSSR count). The van der Waals surface area contributed by atoms with Gasteiger partial charge in [-0.3, -0.25) is 4.90 Å². The summed E-state index contributed by atoms with van der Waals surface area (Å²) in [5.41, 5.74) is 3.91. The summed E-state index contributed by atoms with van der Waals surface area (Å²) in [5.74, 6) is 0.752. The Bertz CT molecular complexity index is 1340. The topological polar surface area (TPSA) is 71.8 Å². The van der Waals surface area contributed by atoms with Crippen molar-refractivity contribution in [2.24, 2.45) is 0 Å². The summed E-state index contributed by atoms with van der Waals surface area (Å²) in [6, 6.07) is 11.9. The van der Waals surface area contributed by atoms with Crippen LogP contribution in [0.5, 0.6) is 0 Å². The molecule has 1 fully saturated rings. The van der Waals surface area contributed by atoms with Crippen LogP contribution in [0, 0.1) is 11.3 Å². The van der Waals surface area contributed by atoms with Crippen molar-refractivity contribution >= 4 is 55.3 Å². The minimum atomic E-state index is 0.640. The number of fused-ring (bicyclic) bond motifs is 2. The predicted octanol–water partition coefficient (Wildman–Crippen LogP) is 5.54. The second-order valence-electron chi connectivity index (χ2n) is 8.47. The lowest BCUT2D eigenvalue weighted by atomic mass is 10.1. The van der Waals surface area contributed by atoms with Crippen LogP contribution in [0.3, 0.4) is 0 Å². The molecule has 33 heavy (non-hydrogen) atoms. The van der Waals surface area contributed by atoms with Gasteiger partial charge in [0.1, 0.15) is 0 Å². The molecule has 0 amide bonds. The SMILES string of the molecule is N#Cc1ccc2[nH]cc(CCCCN3CCN(c4ncc5cc(Br)cc(Cl)c5n4)CC3)c2c1. The number of aryl methyl sites for hydroxylation is 1. The lowest BCUT2D eigenvalue weighted by molar-refractivity contribution is 0.252. The van der Waals surface area contributed by atoms with Gasteiger partial charge in [-0.05, 0) is 61.7 Å². The van der Waals surface area contributed by atoms with Crippen molar-refractivity contribution in [2.75, 3.05) is 37.6 Å². The summed E-state index contributed by atoms with van der Waals surface area (Å²) in [6.45, 7) is 4.94. The van der Waals surface area contributed by atoms with E-state index >= 15 is 0 Å². The summed E-state index contributed by atoms with van der Waals surface area (Å²) in [5, 5.41) is 11.9. The summed E-state index contributed by atoms with van der Waals surface area (Å²) in [4.78, 5) is 17.4. The fourth-order valence-corrected chi connectivity index (χ4v) is 5.36. The van der Waals surface area contributed by atoms with Gasteiger partial charge in [-0.25, -0.2) is 9.97 Å². The van der Waals surface area contributed by atoms with Gasteiger partial charge in [-0.15, -0.1) is 0 Å². The van der Waals surface area contributed by atoms with E-state index in [0.29, 0.717) is 10.6 Å². The molecular weight excluding hydrogens is 500 g/mol. The van der Waals surface area contributed by atoms with Gasteiger partial charge in [-0.1, -0.05) is 27.5 Å². The van der Waals surface area contributed by atoms with Crippen molar-refractivity contribution in [2.45, 2.75) is 19.3 Å². The zero-order valence-electron chi connectivity index (χ0n) is 18.2. The Kier molecular flexibility index (Phi) is 6.50. The van der Waals surface area contributed by atoms with Gasteiger partial charge in [-0.2, -0.15) is 5.26 Å². The number of unbranched alkanes of at least 4 members (excludes halogenated alkanes) is 1. The molecule has 2 aromatic heterocycles. The molecule has 6 nitrogen and oxygen atoms in total. The standard InChI is InChI=1S/C25H24BrClN6/c26-20-12-19-16-30-25(31-24(19)22(27)13-20)33-9-7-32(8-10-33)6-2-1-3-18-15-29-23-5-4-17(14-28)11-21(18)23/h4-5,11-13,15-16,29H,1-3,6-10H2. The van der Waals surface area contributed by atoms with E-state index in [4.69, 9.17) is 21.8 Å². The maximum Gasteiger partial charge on any atom is 0.226 e. The Balaban J connectivity index is 1.12. The molecule has 3 heterocycles. The predicted molar refractivity (Wildman–Crippen MR) is 137 cm³/mol. The molecule has 0 unspecified atom stereocenters. The molecule has 1 N–H and O–H groups in total. The minimum absolute atomic E-state index is 0.640. The number of piperazine rings is 1. The van der Waals surface area contributed by atoms with E-state index in [2.05, 4.69) is 48.0 Å². The fourth-order valence-electron chi connectivity index (χ4n) is 4.49. The second-order valence-corrected chi connectivity index (χ2v) is 9.79. The Hall–Kier alpha value is -2.66. The average Bonchev–Trinajstić information content (AvgIpc) is 3.24. The molecule has 0 spiro atoms. The molecule has 0 atom stereocenters. The second kappa shape index (κ2) is 9.68. The van der Waals surface area contributed by atoms with Crippen molar-refractivity contribution in [3.63, 3.8) is 0 Å². The van der Waals surface area contributed by atoms with Crippen LogP contribution in [-0.4, -0.2) is 52.6 Å². The van der Waals surface area contributed by atoms with Crippen LogP contribution in [0.1, 0.15) is 24.0 Å². The molecular formula is C25H24BrClN6. The van der Waals surface area contributed by atoms with Crippen LogP contribution < -0.4 is 4.90 Å². The Morgan fingerprint density at radius 1 is 1.12 bits per heavy atom. The van der Waals surface area contributed by atoms with Crippen molar-refractivity contribution < 1.29 is 0 Å². The van der Waals surface area contributed by atoms with E-state index in [1.54, 1.807) is 0 Å². The molecule has 0 radical (unpaired) electrons. The number of nitrogens with one attached hydrogen (secondary N) is 1.